The molecule has 5 N–H and O–H groups in total. The minimum Gasteiger partial charge on any atom is -0.453 e. The Kier molecular flexibility index (Phi) is 9.33. The van der Waals surface area contributed by atoms with E-state index in [0.717, 1.165) is 24.5 Å². The largest absolute Gasteiger partial charge is 0.519 e. The van der Waals surface area contributed by atoms with Crippen molar-refractivity contribution in [1.82, 2.24) is 29.8 Å². The lowest BCUT2D eigenvalue weighted by atomic mass is 10.0. The summed E-state index contributed by atoms with van der Waals surface area (Å²) < 4.78 is 19.0. The highest BCUT2D eigenvalue weighted by Crippen LogP contribution is 2.42. The third-order valence-electron chi connectivity index (χ3n) is 7.60. The molecular weight excluding hydrogens is 656 g/mol. The molecule has 0 spiro atoms. The van der Waals surface area contributed by atoms with Crippen LogP contribution in [-0.4, -0.2) is 96.6 Å². The molecule has 20 heteroatoms. The van der Waals surface area contributed by atoms with E-state index in [9.17, 15) is 29.2 Å². The van der Waals surface area contributed by atoms with Gasteiger partial charge in [0.1, 0.15) is 17.1 Å². The fourth-order valence-corrected chi connectivity index (χ4v) is 7.15. The average molecular weight is 683 g/mol. The van der Waals surface area contributed by atoms with Crippen molar-refractivity contribution in [3.05, 3.63) is 50.9 Å². The van der Waals surface area contributed by atoms with Gasteiger partial charge >= 0.3 is 11.8 Å². The van der Waals surface area contributed by atoms with Crippen molar-refractivity contribution < 1.29 is 38.0 Å². The van der Waals surface area contributed by atoms with Crippen LogP contribution in [0.3, 0.4) is 0 Å². The predicted molar refractivity (Wildman–Crippen MR) is 159 cm³/mol. The Labute approximate surface area is 268 Å². The molecule has 3 saturated heterocycles. The summed E-state index contributed by atoms with van der Waals surface area (Å²) in [6, 6.07) is -1.00. The zero-order chi connectivity index (χ0) is 31.1. The fraction of sp³-hybridized carbons (Fsp3) is 0.440. The smallest absolute Gasteiger partial charge is 0.453 e. The Balaban J connectivity index is 0.00000400. The maximum absolute atomic E-state index is 13.5. The molecule has 2 aromatic rings. The van der Waals surface area contributed by atoms with Crippen LogP contribution in [0, 0.1) is 6.92 Å². The molecule has 4 aliphatic heterocycles. The Morgan fingerprint density at radius 2 is 2.11 bits per heavy atom. The van der Waals surface area contributed by atoms with Gasteiger partial charge in [-0.15, -0.1) is 24.2 Å². The molecule has 0 radical (unpaired) electrons. The van der Waals surface area contributed by atoms with Gasteiger partial charge < -0.3 is 40.0 Å². The number of β-lactam (4-membered cyclic amide) rings is 1. The molecule has 4 aliphatic rings. The number of hydrogen-bond acceptors (Lipinski definition) is 16. The minimum atomic E-state index is -1.09. The van der Waals surface area contributed by atoms with Crippen LogP contribution >= 0.6 is 35.7 Å². The van der Waals surface area contributed by atoms with Crippen LogP contribution in [0.25, 0.3) is 0 Å². The van der Waals surface area contributed by atoms with Gasteiger partial charge in [0.25, 0.3) is 11.8 Å². The van der Waals surface area contributed by atoms with Gasteiger partial charge in [0, 0.05) is 42.0 Å². The summed E-state index contributed by atoms with van der Waals surface area (Å²) in [7, 11) is 0. The summed E-state index contributed by atoms with van der Waals surface area (Å²) in [5.74, 6) is -3.41. The zero-order valence-corrected chi connectivity index (χ0v) is 26.0. The number of thioether (sulfide) groups is 1. The minimum absolute atomic E-state index is 0. The highest BCUT2D eigenvalue weighted by molar-refractivity contribution is 8.00. The van der Waals surface area contributed by atoms with Gasteiger partial charge in [0.15, 0.2) is 23.3 Å². The van der Waals surface area contributed by atoms with E-state index in [-0.39, 0.29) is 58.3 Å². The molecule has 3 amide bonds. The molecule has 3 fully saturated rings. The van der Waals surface area contributed by atoms with Crippen molar-refractivity contribution in [3.8, 4) is 0 Å². The highest BCUT2D eigenvalue weighted by Gasteiger charge is 2.55. The topological polar surface area (TPSA) is 236 Å². The van der Waals surface area contributed by atoms with Gasteiger partial charge in [-0.05, 0) is 38.0 Å². The first-order chi connectivity index (χ1) is 21.2. The number of ether oxygens (including phenoxy) is 1. The summed E-state index contributed by atoms with van der Waals surface area (Å²) >= 11 is 2.06. The monoisotopic (exact) mass is 682 g/mol. The second kappa shape index (κ2) is 13.0. The third kappa shape index (κ3) is 6.07. The number of allylic oxidation sites excluding steroid dienone is 1. The second-order valence-corrected chi connectivity index (χ2v) is 12.1. The summed E-state index contributed by atoms with van der Waals surface area (Å²) in [4.78, 5) is 71.3. The van der Waals surface area contributed by atoms with E-state index >= 15 is 0 Å². The molecule has 0 unspecified atom stereocenters. The Morgan fingerprint density at radius 1 is 1.31 bits per heavy atom. The Morgan fingerprint density at radius 3 is 2.76 bits per heavy atom. The number of oxime groups is 1. The van der Waals surface area contributed by atoms with E-state index in [1.807, 2.05) is 4.90 Å². The van der Waals surface area contributed by atoms with Crippen LogP contribution in [0.2, 0.25) is 0 Å². The van der Waals surface area contributed by atoms with Crippen LogP contribution in [0.15, 0.2) is 41.7 Å². The quantitative estimate of drug-likeness (QED) is 0.0686. The van der Waals surface area contributed by atoms with E-state index in [2.05, 4.69) is 25.1 Å². The summed E-state index contributed by atoms with van der Waals surface area (Å²) in [5.41, 5.74) is 5.83. The number of likely N-dealkylation sites (tertiary alicyclic amines) is 1. The first kappa shape index (κ1) is 32.2. The van der Waals surface area contributed by atoms with E-state index in [1.54, 1.807) is 6.08 Å². The molecule has 17 nitrogen and oxygen atoms in total. The van der Waals surface area contributed by atoms with Crippen molar-refractivity contribution in [2.75, 3.05) is 31.1 Å². The number of carbonyl (C=O) groups excluding carboxylic acids is 4. The molecule has 240 valence electrons. The van der Waals surface area contributed by atoms with E-state index < -0.39 is 47.3 Å². The van der Waals surface area contributed by atoms with Crippen LogP contribution in [-0.2, 0) is 30.5 Å². The maximum Gasteiger partial charge on any atom is 0.519 e. The number of nitrogens with zero attached hydrogens (tertiary/aromatic N) is 5. The van der Waals surface area contributed by atoms with Crippen molar-refractivity contribution in [2.24, 2.45) is 5.16 Å². The molecule has 2 aromatic heterocycles. The standard InChI is InChI=1S/C25H26N8O9S2.ClH/c1-10-14(42-25(38)41-10)8-40-23(37)17-12(6-11-3-5-32(20(11)35)13-2-4-27-7-13)9-43-22-16(21(36)33(17)22)28-19(34)15(30-39)18-29-24(26)44-31-18;/h6,13,16,22,27,39H,2-5,7-9H2,1H3,(H,28,34)(H2,26,29,31);1H/t13-,16-,22-;/m1./s1. The summed E-state index contributed by atoms with van der Waals surface area (Å²) in [5, 5.41) is 17.4. The Hall–Kier alpha value is -4.20. The van der Waals surface area contributed by atoms with Gasteiger partial charge in [0.2, 0.25) is 17.4 Å². The molecule has 6 rings (SSSR count). The number of amides is 3. The van der Waals surface area contributed by atoms with Gasteiger partial charge in [-0.1, -0.05) is 5.16 Å². The lowest BCUT2D eigenvalue weighted by molar-refractivity contribution is -0.153. The van der Waals surface area contributed by atoms with Gasteiger partial charge in [0.05, 0.1) is 0 Å². The van der Waals surface area contributed by atoms with E-state index in [1.165, 1.54) is 23.6 Å². The molecule has 0 aromatic carbocycles. The van der Waals surface area contributed by atoms with Gasteiger partial charge in [-0.3, -0.25) is 19.3 Å². The number of hydrogen-bond donors (Lipinski definition) is 4. The third-order valence-corrected chi connectivity index (χ3v) is 9.44. The van der Waals surface area contributed by atoms with Crippen LogP contribution in [0.4, 0.5) is 5.13 Å². The number of fused-ring (bicyclic) bond motifs is 1. The van der Waals surface area contributed by atoms with Gasteiger partial charge in [-0.25, -0.2) is 9.59 Å². The fourth-order valence-electron chi connectivity index (χ4n) is 5.41. The number of aromatic nitrogens is 2. The average Bonchev–Trinajstić information content (AvgIpc) is 3.80. The van der Waals surface area contributed by atoms with Crippen LogP contribution in [0.1, 0.15) is 30.2 Å². The number of nitrogens with two attached hydrogens (primary N) is 1. The highest BCUT2D eigenvalue weighted by atomic mass is 35.5. The Bertz CT molecular complexity index is 1690. The number of esters is 1. The number of anilines is 1. The number of nitrogen functional groups attached to an aromatic ring is 1. The van der Waals surface area contributed by atoms with Crippen LogP contribution < -0.4 is 22.2 Å². The van der Waals surface area contributed by atoms with Crippen molar-refractivity contribution in [3.63, 3.8) is 0 Å². The maximum atomic E-state index is 13.5. The summed E-state index contributed by atoms with van der Waals surface area (Å²) in [6.07, 6.45) is 2.95. The first-order valence-corrected chi connectivity index (χ1v) is 15.3. The first-order valence-electron chi connectivity index (χ1n) is 13.4. The molecular formula is C25H27ClN8O9S2. The van der Waals surface area contributed by atoms with E-state index in [4.69, 9.17) is 19.3 Å². The second-order valence-electron chi connectivity index (χ2n) is 10.2. The number of carbonyl (C=O) groups is 4. The zero-order valence-electron chi connectivity index (χ0n) is 23.5. The molecule has 0 aliphatic carbocycles. The van der Waals surface area contributed by atoms with Crippen LogP contribution in [0.5, 0.6) is 0 Å². The SMILES string of the molecule is Cc1oc(=O)oc1COC(=O)C1=C(C=C2CCN([C@@H]3CCNC3)C2=O)CS[C@@H]2[C@H](NC(=O)C(=NO)c3nsc(N)n3)C(=O)N12.Cl. The normalized spacial score (nSPS) is 24.1. The molecule has 0 saturated carbocycles. The number of nitrogens with one attached hydrogen (secondary N) is 2. The number of aryl methyl sites for hydroxylation is 1. The predicted octanol–water partition coefficient (Wildman–Crippen LogP) is -0.507. The lowest BCUT2D eigenvalue weighted by Gasteiger charge is -2.49. The summed E-state index contributed by atoms with van der Waals surface area (Å²) in [6.45, 7) is 3.12. The van der Waals surface area contributed by atoms with E-state index in [0.29, 0.717) is 30.7 Å². The van der Waals surface area contributed by atoms with Crippen molar-refractivity contribution >= 4 is 70.2 Å². The van der Waals surface area contributed by atoms with Gasteiger partial charge in [-0.2, -0.15) is 9.36 Å². The molecule has 0 bridgehead atoms. The lowest BCUT2D eigenvalue weighted by Crippen LogP contribution is -2.71. The molecule has 45 heavy (non-hydrogen) atoms. The van der Waals surface area contributed by atoms with Crippen molar-refractivity contribution in [1.29, 1.82) is 0 Å². The number of halogens is 1. The molecule has 6 heterocycles. The van der Waals surface area contributed by atoms with Crippen molar-refractivity contribution in [2.45, 2.75) is 43.8 Å². The molecule has 3 atom stereocenters. The number of rotatable bonds is 8.